The molecule has 3 nitrogen and oxygen atoms in total. The van der Waals surface area contributed by atoms with Crippen LogP contribution in [0.1, 0.15) is 4.88 Å². The molecule has 1 N–H and O–H groups in total. The second kappa shape index (κ2) is 2.93. The maximum atomic E-state index is 8.06. The molecule has 0 bridgehead atoms. The Kier molecular flexibility index (Phi) is 2.18. The second-order valence-corrected chi connectivity index (χ2v) is 3.60. The van der Waals surface area contributed by atoms with Gasteiger partial charge in [0.2, 0.25) is 0 Å². The minimum absolute atomic E-state index is 0.789. The van der Waals surface area contributed by atoms with Gasteiger partial charge in [0.1, 0.15) is 0 Å². The van der Waals surface area contributed by atoms with Crippen LogP contribution >= 0.6 is 27.3 Å². The molecule has 0 spiro atoms. The molecule has 0 unspecified atom stereocenters. The molecule has 0 atom stereocenters. The molecule has 5 heteroatoms. The highest BCUT2D eigenvalue weighted by Crippen LogP contribution is 2.16. The van der Waals surface area contributed by atoms with Gasteiger partial charge in [-0.15, -0.1) is 11.3 Å². The van der Waals surface area contributed by atoms with E-state index >= 15 is 0 Å². The van der Waals surface area contributed by atoms with Gasteiger partial charge in [0.15, 0.2) is 3.92 Å². The van der Waals surface area contributed by atoms with Gasteiger partial charge in [-0.05, 0) is 15.9 Å². The summed E-state index contributed by atoms with van der Waals surface area (Å²) in [4.78, 5) is 4.69. The summed E-state index contributed by atoms with van der Waals surface area (Å²) >= 11 is 4.57. The van der Waals surface area contributed by atoms with Crippen molar-refractivity contribution >= 4 is 33.5 Å². The standard InChI is InChI=1S/C4H3BrN2OS/c5-4-6-1-3(9-4)2-7-8/h1-2,8H/b7-2-. The zero-order valence-corrected chi connectivity index (χ0v) is 6.69. The van der Waals surface area contributed by atoms with Crippen molar-refractivity contribution in [3.05, 3.63) is 15.0 Å². The maximum absolute atomic E-state index is 8.06. The van der Waals surface area contributed by atoms with Gasteiger partial charge < -0.3 is 5.21 Å². The van der Waals surface area contributed by atoms with Crippen molar-refractivity contribution < 1.29 is 5.21 Å². The van der Waals surface area contributed by atoms with Gasteiger partial charge in [-0.3, -0.25) is 0 Å². The van der Waals surface area contributed by atoms with Gasteiger partial charge in [-0.25, -0.2) is 4.98 Å². The molecule has 0 aromatic carbocycles. The summed E-state index contributed by atoms with van der Waals surface area (Å²) in [6.07, 6.45) is 2.96. The third-order valence-electron chi connectivity index (χ3n) is 0.680. The van der Waals surface area contributed by atoms with Crippen LogP contribution in [-0.2, 0) is 0 Å². The highest BCUT2D eigenvalue weighted by molar-refractivity contribution is 9.11. The Morgan fingerprint density at radius 2 is 2.67 bits per heavy atom. The first-order chi connectivity index (χ1) is 4.33. The fraction of sp³-hybridized carbons (Fsp3) is 0. The van der Waals surface area contributed by atoms with Gasteiger partial charge in [0.05, 0.1) is 11.1 Å². The Bertz CT molecular complexity index is 222. The largest absolute Gasteiger partial charge is 0.411 e. The molecule has 0 aliphatic heterocycles. The smallest absolute Gasteiger partial charge is 0.159 e. The van der Waals surface area contributed by atoms with Crippen LogP contribution in [0.5, 0.6) is 0 Å². The average molecular weight is 207 g/mol. The highest BCUT2D eigenvalue weighted by Gasteiger charge is 1.93. The van der Waals surface area contributed by atoms with Gasteiger partial charge in [0, 0.05) is 6.20 Å². The topological polar surface area (TPSA) is 45.5 Å². The van der Waals surface area contributed by atoms with Crippen molar-refractivity contribution in [2.75, 3.05) is 0 Å². The molecular formula is C4H3BrN2OS. The first-order valence-corrected chi connectivity index (χ1v) is 3.72. The van der Waals surface area contributed by atoms with Crippen molar-refractivity contribution in [1.29, 1.82) is 0 Å². The van der Waals surface area contributed by atoms with Crippen molar-refractivity contribution in [2.45, 2.75) is 0 Å². The minimum atomic E-state index is 0.789. The van der Waals surface area contributed by atoms with E-state index in [1.54, 1.807) is 6.20 Å². The lowest BCUT2D eigenvalue weighted by Crippen LogP contribution is -1.68. The van der Waals surface area contributed by atoms with E-state index in [0.29, 0.717) is 0 Å². The summed E-state index contributed by atoms with van der Waals surface area (Å²) in [7, 11) is 0. The van der Waals surface area contributed by atoms with Crippen LogP contribution in [0.3, 0.4) is 0 Å². The number of aromatic nitrogens is 1. The van der Waals surface area contributed by atoms with Gasteiger partial charge in [0.25, 0.3) is 0 Å². The zero-order valence-electron chi connectivity index (χ0n) is 4.28. The quantitative estimate of drug-likeness (QED) is 0.432. The summed E-state index contributed by atoms with van der Waals surface area (Å²) in [5.74, 6) is 0. The Morgan fingerprint density at radius 1 is 1.89 bits per heavy atom. The summed E-state index contributed by atoms with van der Waals surface area (Å²) in [5.41, 5.74) is 0. The highest BCUT2D eigenvalue weighted by atomic mass is 79.9. The average Bonchev–Trinajstić information content (AvgIpc) is 2.17. The van der Waals surface area contributed by atoms with E-state index in [1.165, 1.54) is 17.6 Å². The minimum Gasteiger partial charge on any atom is -0.411 e. The van der Waals surface area contributed by atoms with E-state index in [9.17, 15) is 0 Å². The molecule has 0 amide bonds. The molecule has 0 radical (unpaired) electrons. The lowest BCUT2D eigenvalue weighted by molar-refractivity contribution is 0.322. The fourth-order valence-electron chi connectivity index (χ4n) is 0.381. The third kappa shape index (κ3) is 1.76. The molecule has 9 heavy (non-hydrogen) atoms. The molecule has 0 saturated heterocycles. The molecule has 1 rings (SSSR count). The van der Waals surface area contributed by atoms with Crippen LogP contribution < -0.4 is 0 Å². The molecule has 0 fully saturated rings. The summed E-state index contributed by atoms with van der Waals surface area (Å²) < 4.78 is 0.789. The molecular weight excluding hydrogens is 204 g/mol. The number of hydrogen-bond donors (Lipinski definition) is 1. The summed E-state index contributed by atoms with van der Waals surface area (Å²) in [6.45, 7) is 0. The van der Waals surface area contributed by atoms with Gasteiger partial charge in [-0.2, -0.15) is 0 Å². The molecule has 0 aliphatic rings. The van der Waals surface area contributed by atoms with Crippen molar-refractivity contribution in [3.8, 4) is 0 Å². The molecule has 48 valence electrons. The van der Waals surface area contributed by atoms with Gasteiger partial charge in [-0.1, -0.05) is 5.16 Å². The first-order valence-electron chi connectivity index (χ1n) is 2.11. The first kappa shape index (κ1) is 6.70. The Morgan fingerprint density at radius 3 is 3.11 bits per heavy atom. The number of halogens is 1. The molecule has 0 aliphatic carbocycles. The van der Waals surface area contributed by atoms with Crippen LogP contribution in [0.15, 0.2) is 15.3 Å². The normalized spacial score (nSPS) is 10.8. The van der Waals surface area contributed by atoms with E-state index in [2.05, 4.69) is 26.1 Å². The van der Waals surface area contributed by atoms with Crippen molar-refractivity contribution in [1.82, 2.24) is 4.98 Å². The van der Waals surface area contributed by atoms with E-state index in [0.717, 1.165) is 8.79 Å². The molecule has 1 aromatic rings. The van der Waals surface area contributed by atoms with Crippen LogP contribution in [0.2, 0.25) is 0 Å². The van der Waals surface area contributed by atoms with Crippen LogP contribution in [0.25, 0.3) is 0 Å². The number of oxime groups is 1. The number of nitrogens with zero attached hydrogens (tertiary/aromatic N) is 2. The van der Waals surface area contributed by atoms with E-state index in [1.807, 2.05) is 0 Å². The molecule has 0 saturated carbocycles. The predicted molar refractivity (Wildman–Crippen MR) is 39.2 cm³/mol. The van der Waals surface area contributed by atoms with E-state index in [-0.39, 0.29) is 0 Å². The van der Waals surface area contributed by atoms with Crippen LogP contribution in [0.4, 0.5) is 0 Å². The lowest BCUT2D eigenvalue weighted by Gasteiger charge is -1.72. The Hall–Kier alpha value is -0.420. The monoisotopic (exact) mass is 206 g/mol. The number of rotatable bonds is 1. The Labute approximate surface area is 64.2 Å². The number of thiazole rings is 1. The second-order valence-electron chi connectivity index (χ2n) is 1.26. The summed E-state index contributed by atoms with van der Waals surface area (Å²) in [6, 6.07) is 0. The van der Waals surface area contributed by atoms with E-state index in [4.69, 9.17) is 5.21 Å². The predicted octanol–water partition coefficient (Wildman–Crippen LogP) is 1.71. The Balaban J connectivity index is 2.85. The lowest BCUT2D eigenvalue weighted by atomic mass is 10.6. The SMILES string of the molecule is O/N=C\c1cnc(Br)s1. The van der Waals surface area contributed by atoms with Crippen molar-refractivity contribution in [3.63, 3.8) is 0 Å². The molecule has 1 heterocycles. The van der Waals surface area contributed by atoms with Gasteiger partial charge >= 0.3 is 0 Å². The molecule has 1 aromatic heterocycles. The van der Waals surface area contributed by atoms with Crippen LogP contribution in [-0.4, -0.2) is 16.4 Å². The van der Waals surface area contributed by atoms with E-state index < -0.39 is 0 Å². The van der Waals surface area contributed by atoms with Crippen LogP contribution in [0, 0.1) is 0 Å². The third-order valence-corrected chi connectivity index (χ3v) is 2.09. The summed E-state index contributed by atoms with van der Waals surface area (Å²) in [5, 5.41) is 10.9. The number of hydrogen-bond acceptors (Lipinski definition) is 4. The van der Waals surface area contributed by atoms with Crippen molar-refractivity contribution in [2.24, 2.45) is 5.16 Å². The zero-order chi connectivity index (χ0) is 6.69. The maximum Gasteiger partial charge on any atom is 0.159 e. The fourth-order valence-corrected chi connectivity index (χ4v) is 1.55.